The molecule has 1 aromatic rings. The van der Waals surface area contributed by atoms with Crippen molar-refractivity contribution in [3.8, 4) is 0 Å². The van der Waals surface area contributed by atoms with Crippen LogP contribution in [0.1, 0.15) is 16.9 Å². The van der Waals surface area contributed by atoms with Crippen molar-refractivity contribution >= 4 is 31.7 Å². The van der Waals surface area contributed by atoms with E-state index in [1.54, 1.807) is 12.3 Å². The number of amides is 1. The van der Waals surface area contributed by atoms with E-state index in [2.05, 4.69) is 26.2 Å². The number of nitrogens with one attached hydrogen (secondary N) is 2. The summed E-state index contributed by atoms with van der Waals surface area (Å²) >= 11 is 3.24. The fourth-order valence-electron chi connectivity index (χ4n) is 1.86. The van der Waals surface area contributed by atoms with Crippen LogP contribution >= 0.6 is 15.9 Å². The molecule has 17 heavy (non-hydrogen) atoms. The highest BCUT2D eigenvalue weighted by atomic mass is 79.9. The molecule has 0 unspecified atom stereocenters. The molecule has 1 aliphatic heterocycles. The third-order valence-electron chi connectivity index (χ3n) is 2.77. The monoisotopic (exact) mass is 320 g/mol. The first-order valence-electron chi connectivity index (χ1n) is 5.29. The predicted octanol–water partition coefficient (Wildman–Crippen LogP) is 0.942. The normalized spacial score (nSPS) is 22.5. The summed E-state index contributed by atoms with van der Waals surface area (Å²) in [6.45, 7) is 0.411. The maximum Gasteiger partial charge on any atom is 0.267 e. The molecule has 0 radical (unpaired) electrons. The third kappa shape index (κ3) is 3.32. The molecule has 1 atom stereocenters. The van der Waals surface area contributed by atoms with Gasteiger partial charge in [-0.25, -0.2) is 8.42 Å². The standard InChI is InChI=1S/C10H13BrN2O3S/c11-8-3-9(12-5-8)10(14)13-4-7-1-2-17(15,16)6-7/h3,5,7,12H,1-2,4,6H2,(H,13,14)/t7-/m0/s1. The molecule has 0 bridgehead atoms. The van der Waals surface area contributed by atoms with Crippen LogP contribution < -0.4 is 5.32 Å². The molecule has 1 amide bonds. The molecule has 2 heterocycles. The van der Waals surface area contributed by atoms with Gasteiger partial charge in [-0.05, 0) is 34.3 Å². The number of aromatic nitrogens is 1. The molecule has 0 spiro atoms. The van der Waals surface area contributed by atoms with Crippen LogP contribution in [0, 0.1) is 5.92 Å². The summed E-state index contributed by atoms with van der Waals surface area (Å²) in [6, 6.07) is 1.68. The van der Waals surface area contributed by atoms with Gasteiger partial charge in [0.15, 0.2) is 9.84 Å². The molecule has 1 saturated heterocycles. The highest BCUT2D eigenvalue weighted by molar-refractivity contribution is 9.10. The average Bonchev–Trinajstić information content (AvgIpc) is 2.81. The van der Waals surface area contributed by atoms with Gasteiger partial charge < -0.3 is 10.3 Å². The Labute approximate surface area is 108 Å². The minimum atomic E-state index is -2.87. The maximum atomic E-state index is 11.7. The van der Waals surface area contributed by atoms with Gasteiger partial charge in [-0.1, -0.05) is 0 Å². The SMILES string of the molecule is O=C(NC[C@@H]1CCS(=O)(=O)C1)c1cc(Br)c[nH]1. The van der Waals surface area contributed by atoms with Crippen molar-refractivity contribution in [2.45, 2.75) is 6.42 Å². The van der Waals surface area contributed by atoms with Gasteiger partial charge in [-0.2, -0.15) is 0 Å². The lowest BCUT2D eigenvalue weighted by Crippen LogP contribution is -2.30. The lowest BCUT2D eigenvalue weighted by molar-refractivity contribution is 0.0944. The van der Waals surface area contributed by atoms with Crippen LogP contribution in [0.2, 0.25) is 0 Å². The topological polar surface area (TPSA) is 79.0 Å². The number of halogens is 1. The molecule has 2 N–H and O–H groups in total. The number of rotatable bonds is 3. The van der Waals surface area contributed by atoms with E-state index in [-0.39, 0.29) is 23.3 Å². The second kappa shape index (κ2) is 4.81. The Bertz CT molecular complexity index is 523. The molecule has 1 fully saturated rings. The second-order valence-electron chi connectivity index (χ2n) is 4.21. The van der Waals surface area contributed by atoms with E-state index in [1.807, 2.05) is 0 Å². The molecule has 94 valence electrons. The molecule has 0 aromatic carbocycles. The van der Waals surface area contributed by atoms with Crippen LogP contribution in [-0.2, 0) is 9.84 Å². The average molecular weight is 321 g/mol. The van der Waals surface area contributed by atoms with Crippen molar-refractivity contribution < 1.29 is 13.2 Å². The summed E-state index contributed by atoms with van der Waals surface area (Å²) in [5.41, 5.74) is 0.470. The van der Waals surface area contributed by atoms with Crippen LogP contribution in [0.4, 0.5) is 0 Å². The summed E-state index contributed by atoms with van der Waals surface area (Å²) in [5.74, 6) is 0.255. The van der Waals surface area contributed by atoms with Crippen LogP contribution in [0.5, 0.6) is 0 Å². The van der Waals surface area contributed by atoms with E-state index in [0.29, 0.717) is 18.7 Å². The van der Waals surface area contributed by atoms with Crippen molar-refractivity contribution in [3.63, 3.8) is 0 Å². The number of hydrogen-bond acceptors (Lipinski definition) is 3. The van der Waals surface area contributed by atoms with Gasteiger partial charge in [0.1, 0.15) is 5.69 Å². The van der Waals surface area contributed by atoms with Gasteiger partial charge in [-0.15, -0.1) is 0 Å². The van der Waals surface area contributed by atoms with Crippen molar-refractivity contribution in [2.75, 3.05) is 18.1 Å². The van der Waals surface area contributed by atoms with Gasteiger partial charge in [0.2, 0.25) is 0 Å². The molecular formula is C10H13BrN2O3S. The first-order valence-corrected chi connectivity index (χ1v) is 7.90. The fourth-order valence-corrected chi connectivity index (χ4v) is 4.07. The lowest BCUT2D eigenvalue weighted by atomic mass is 10.1. The van der Waals surface area contributed by atoms with E-state index in [1.165, 1.54) is 0 Å². The molecule has 1 aliphatic rings. The number of aromatic amines is 1. The van der Waals surface area contributed by atoms with Gasteiger partial charge in [0.25, 0.3) is 5.91 Å². The van der Waals surface area contributed by atoms with E-state index in [0.717, 1.165) is 4.47 Å². The summed E-state index contributed by atoms with van der Waals surface area (Å²) in [6.07, 6.45) is 2.31. The first-order chi connectivity index (χ1) is 7.96. The van der Waals surface area contributed by atoms with Gasteiger partial charge in [0.05, 0.1) is 11.5 Å². The quantitative estimate of drug-likeness (QED) is 0.870. The van der Waals surface area contributed by atoms with Gasteiger partial charge in [-0.3, -0.25) is 4.79 Å². The highest BCUT2D eigenvalue weighted by Crippen LogP contribution is 2.17. The zero-order valence-corrected chi connectivity index (χ0v) is 11.5. The van der Waals surface area contributed by atoms with Crippen molar-refractivity contribution in [3.05, 3.63) is 22.4 Å². The zero-order valence-electron chi connectivity index (χ0n) is 9.07. The Kier molecular flexibility index (Phi) is 3.58. The lowest BCUT2D eigenvalue weighted by Gasteiger charge is -2.08. The predicted molar refractivity (Wildman–Crippen MR) is 67.6 cm³/mol. The first kappa shape index (κ1) is 12.6. The number of hydrogen-bond donors (Lipinski definition) is 2. The maximum absolute atomic E-state index is 11.7. The van der Waals surface area contributed by atoms with Gasteiger partial charge in [0, 0.05) is 17.2 Å². The highest BCUT2D eigenvalue weighted by Gasteiger charge is 2.28. The van der Waals surface area contributed by atoms with Crippen LogP contribution in [0.15, 0.2) is 16.7 Å². The Morgan fingerprint density at radius 1 is 1.59 bits per heavy atom. The summed E-state index contributed by atoms with van der Waals surface area (Å²) < 4.78 is 23.3. The van der Waals surface area contributed by atoms with Crippen LogP contribution in [0.25, 0.3) is 0 Å². The number of carbonyl (C=O) groups excluding carboxylic acids is 1. The molecule has 5 nitrogen and oxygen atoms in total. The largest absolute Gasteiger partial charge is 0.356 e. The number of sulfone groups is 1. The number of H-pyrrole nitrogens is 1. The smallest absolute Gasteiger partial charge is 0.267 e. The van der Waals surface area contributed by atoms with E-state index >= 15 is 0 Å². The molecular weight excluding hydrogens is 308 g/mol. The number of carbonyl (C=O) groups is 1. The van der Waals surface area contributed by atoms with Gasteiger partial charge >= 0.3 is 0 Å². The summed E-state index contributed by atoms with van der Waals surface area (Å²) in [5, 5.41) is 2.74. The second-order valence-corrected chi connectivity index (χ2v) is 7.36. The zero-order chi connectivity index (χ0) is 12.5. The van der Waals surface area contributed by atoms with E-state index < -0.39 is 9.84 Å². The Morgan fingerprint density at radius 3 is 2.88 bits per heavy atom. The molecule has 1 aromatic heterocycles. The molecule has 0 saturated carbocycles. The third-order valence-corrected chi connectivity index (χ3v) is 5.07. The van der Waals surface area contributed by atoms with Crippen molar-refractivity contribution in [1.82, 2.24) is 10.3 Å². The minimum Gasteiger partial charge on any atom is -0.356 e. The Balaban J connectivity index is 1.85. The van der Waals surface area contributed by atoms with Crippen molar-refractivity contribution in [1.29, 1.82) is 0 Å². The van der Waals surface area contributed by atoms with E-state index in [4.69, 9.17) is 0 Å². The summed E-state index contributed by atoms with van der Waals surface area (Å²) in [4.78, 5) is 14.5. The molecule has 2 rings (SSSR count). The van der Waals surface area contributed by atoms with Crippen LogP contribution in [0.3, 0.4) is 0 Å². The van der Waals surface area contributed by atoms with Crippen LogP contribution in [-0.4, -0.2) is 37.4 Å². The Morgan fingerprint density at radius 2 is 2.35 bits per heavy atom. The molecule has 0 aliphatic carbocycles. The minimum absolute atomic E-state index is 0.0438. The van der Waals surface area contributed by atoms with E-state index in [9.17, 15) is 13.2 Å². The van der Waals surface area contributed by atoms with Crippen molar-refractivity contribution in [2.24, 2.45) is 5.92 Å². The summed E-state index contributed by atoms with van der Waals surface area (Å²) in [7, 11) is -2.87. The fraction of sp³-hybridized carbons (Fsp3) is 0.500. The molecule has 7 heteroatoms. The Hall–Kier alpha value is -0.820.